The van der Waals surface area contributed by atoms with Crippen LogP contribution in [0.2, 0.25) is 0 Å². The van der Waals surface area contributed by atoms with Gasteiger partial charge in [0, 0.05) is 29.9 Å². The normalized spacial score (nSPS) is 10.1. The van der Waals surface area contributed by atoms with Crippen LogP contribution in [-0.2, 0) is 0 Å². The third kappa shape index (κ3) is 3.43. The Morgan fingerprint density at radius 1 is 1.14 bits per heavy atom. The number of hydrogen-bond donors (Lipinski definition) is 1. The monoisotopic (exact) mass is 286 g/mol. The maximum Gasteiger partial charge on any atom is 0.270 e. The van der Waals surface area contributed by atoms with Crippen LogP contribution in [0.3, 0.4) is 0 Å². The Labute approximate surface area is 121 Å². The van der Waals surface area contributed by atoms with Crippen LogP contribution in [0.25, 0.3) is 0 Å². The summed E-state index contributed by atoms with van der Waals surface area (Å²) in [5.41, 5.74) is 0.697. The van der Waals surface area contributed by atoms with Gasteiger partial charge in [-0.1, -0.05) is 24.3 Å². The van der Waals surface area contributed by atoms with E-state index in [2.05, 4.69) is 0 Å². The van der Waals surface area contributed by atoms with Crippen LogP contribution < -0.4 is 4.90 Å². The molecule has 0 spiro atoms. The molecule has 0 saturated carbocycles. The Bertz CT molecular complexity index is 643. The molecular formula is C15H14N2O4. The van der Waals surface area contributed by atoms with Crippen LogP contribution in [-0.4, -0.2) is 29.1 Å². The van der Waals surface area contributed by atoms with Gasteiger partial charge in [0.2, 0.25) is 0 Å². The van der Waals surface area contributed by atoms with Gasteiger partial charge >= 0.3 is 0 Å². The molecule has 0 unspecified atom stereocenters. The summed E-state index contributed by atoms with van der Waals surface area (Å²) >= 11 is 0. The van der Waals surface area contributed by atoms with Gasteiger partial charge in [-0.05, 0) is 18.2 Å². The number of rotatable bonds is 5. The second kappa shape index (κ2) is 6.62. The fourth-order valence-electron chi connectivity index (χ4n) is 1.96. The van der Waals surface area contributed by atoms with Gasteiger partial charge < -0.3 is 10.0 Å². The number of para-hydroxylation sites is 1. The first kappa shape index (κ1) is 14.7. The maximum atomic E-state index is 12.5. The number of benzene rings is 2. The molecule has 0 fully saturated rings. The molecule has 2 aromatic rings. The molecule has 0 radical (unpaired) electrons. The molecule has 0 aliphatic heterocycles. The van der Waals surface area contributed by atoms with Crippen molar-refractivity contribution in [2.75, 3.05) is 18.1 Å². The second-order valence-electron chi connectivity index (χ2n) is 4.32. The van der Waals surface area contributed by atoms with Crippen molar-refractivity contribution in [1.29, 1.82) is 0 Å². The van der Waals surface area contributed by atoms with Gasteiger partial charge in [-0.3, -0.25) is 14.9 Å². The Hall–Kier alpha value is -2.73. The van der Waals surface area contributed by atoms with E-state index in [1.807, 2.05) is 6.07 Å². The molecule has 0 heterocycles. The van der Waals surface area contributed by atoms with E-state index < -0.39 is 4.92 Å². The molecule has 108 valence electrons. The minimum Gasteiger partial charge on any atom is -0.395 e. The Balaban J connectivity index is 2.35. The van der Waals surface area contributed by atoms with E-state index in [9.17, 15) is 14.9 Å². The van der Waals surface area contributed by atoms with Crippen molar-refractivity contribution in [2.24, 2.45) is 0 Å². The Morgan fingerprint density at radius 2 is 1.86 bits per heavy atom. The number of nitro groups is 1. The lowest BCUT2D eigenvalue weighted by atomic mass is 10.1. The maximum absolute atomic E-state index is 12.5. The molecule has 0 bridgehead atoms. The number of hydrogen-bond acceptors (Lipinski definition) is 4. The summed E-state index contributed by atoms with van der Waals surface area (Å²) in [6, 6.07) is 14.4. The summed E-state index contributed by atoms with van der Waals surface area (Å²) in [5.74, 6) is -0.390. The van der Waals surface area contributed by atoms with Crippen molar-refractivity contribution in [3.63, 3.8) is 0 Å². The van der Waals surface area contributed by atoms with E-state index >= 15 is 0 Å². The first-order valence-electron chi connectivity index (χ1n) is 6.35. The first-order valence-corrected chi connectivity index (χ1v) is 6.35. The zero-order chi connectivity index (χ0) is 15.2. The van der Waals surface area contributed by atoms with E-state index in [0.29, 0.717) is 5.69 Å². The first-order chi connectivity index (χ1) is 10.1. The number of amides is 1. The summed E-state index contributed by atoms with van der Waals surface area (Å²) in [4.78, 5) is 24.1. The molecule has 0 aliphatic rings. The summed E-state index contributed by atoms with van der Waals surface area (Å²) < 4.78 is 0. The lowest BCUT2D eigenvalue weighted by Crippen LogP contribution is -2.33. The molecule has 0 aromatic heterocycles. The van der Waals surface area contributed by atoms with Gasteiger partial charge in [0.1, 0.15) is 0 Å². The van der Waals surface area contributed by atoms with Gasteiger partial charge in [-0.15, -0.1) is 0 Å². The zero-order valence-electron chi connectivity index (χ0n) is 11.2. The lowest BCUT2D eigenvalue weighted by Gasteiger charge is -2.21. The van der Waals surface area contributed by atoms with Gasteiger partial charge in [-0.25, -0.2) is 0 Å². The molecule has 2 aromatic carbocycles. The highest BCUT2D eigenvalue weighted by molar-refractivity contribution is 6.06. The predicted molar refractivity (Wildman–Crippen MR) is 78.3 cm³/mol. The van der Waals surface area contributed by atoms with Crippen LogP contribution in [0.1, 0.15) is 10.4 Å². The molecule has 1 N–H and O–H groups in total. The quantitative estimate of drug-likeness (QED) is 0.675. The highest BCUT2D eigenvalue weighted by Gasteiger charge is 2.19. The Morgan fingerprint density at radius 3 is 2.48 bits per heavy atom. The van der Waals surface area contributed by atoms with Gasteiger partial charge in [-0.2, -0.15) is 0 Å². The topological polar surface area (TPSA) is 83.7 Å². The van der Waals surface area contributed by atoms with Crippen LogP contribution in [0.4, 0.5) is 11.4 Å². The van der Waals surface area contributed by atoms with Crippen molar-refractivity contribution >= 4 is 17.3 Å². The van der Waals surface area contributed by atoms with Crippen molar-refractivity contribution in [3.8, 4) is 0 Å². The summed E-state index contributed by atoms with van der Waals surface area (Å²) in [5, 5.41) is 19.9. The van der Waals surface area contributed by atoms with Gasteiger partial charge in [0.25, 0.3) is 11.6 Å². The number of anilines is 1. The third-order valence-electron chi connectivity index (χ3n) is 2.94. The molecule has 6 nitrogen and oxygen atoms in total. The Kier molecular flexibility index (Phi) is 4.63. The van der Waals surface area contributed by atoms with Gasteiger partial charge in [0.15, 0.2) is 0 Å². The average Bonchev–Trinajstić information content (AvgIpc) is 2.53. The van der Waals surface area contributed by atoms with E-state index in [1.54, 1.807) is 24.3 Å². The summed E-state index contributed by atoms with van der Waals surface area (Å²) in [6.07, 6.45) is 0. The molecule has 0 saturated heterocycles. The fourth-order valence-corrected chi connectivity index (χ4v) is 1.96. The highest BCUT2D eigenvalue weighted by atomic mass is 16.6. The minimum absolute atomic E-state index is 0.117. The standard InChI is InChI=1S/C15H14N2O4/c18-10-9-16(13-6-2-1-3-7-13)15(19)12-5-4-8-14(11-12)17(20)21/h1-8,11,18H,9-10H2. The number of nitro benzene ring substituents is 1. The number of aliphatic hydroxyl groups is 1. The van der Waals surface area contributed by atoms with E-state index in [-0.39, 0.29) is 30.3 Å². The predicted octanol–water partition coefficient (Wildman–Crippen LogP) is 2.23. The fraction of sp³-hybridized carbons (Fsp3) is 0.133. The van der Waals surface area contributed by atoms with Crippen LogP contribution in [0, 0.1) is 10.1 Å². The molecule has 1 amide bonds. The van der Waals surface area contributed by atoms with Crippen molar-refractivity contribution < 1.29 is 14.8 Å². The van der Waals surface area contributed by atoms with Crippen molar-refractivity contribution in [3.05, 3.63) is 70.3 Å². The largest absolute Gasteiger partial charge is 0.395 e. The van der Waals surface area contributed by atoms with E-state index in [0.717, 1.165) is 0 Å². The number of non-ortho nitro benzene ring substituents is 1. The minimum atomic E-state index is -0.546. The lowest BCUT2D eigenvalue weighted by molar-refractivity contribution is -0.384. The molecule has 0 aliphatic carbocycles. The highest BCUT2D eigenvalue weighted by Crippen LogP contribution is 2.19. The SMILES string of the molecule is O=C(c1cccc([N+](=O)[O-])c1)N(CCO)c1ccccc1. The molecule has 6 heteroatoms. The van der Waals surface area contributed by atoms with E-state index in [1.165, 1.54) is 29.2 Å². The molecule has 0 atom stereocenters. The zero-order valence-corrected chi connectivity index (χ0v) is 11.2. The second-order valence-corrected chi connectivity index (χ2v) is 4.32. The van der Waals surface area contributed by atoms with Crippen LogP contribution in [0.5, 0.6) is 0 Å². The van der Waals surface area contributed by atoms with Crippen molar-refractivity contribution in [2.45, 2.75) is 0 Å². The van der Waals surface area contributed by atoms with Crippen molar-refractivity contribution in [1.82, 2.24) is 0 Å². The molecule has 2 rings (SSSR count). The number of aliphatic hydroxyl groups excluding tert-OH is 1. The van der Waals surface area contributed by atoms with Crippen LogP contribution in [0.15, 0.2) is 54.6 Å². The molecular weight excluding hydrogens is 272 g/mol. The van der Waals surface area contributed by atoms with Crippen LogP contribution >= 0.6 is 0 Å². The number of carbonyl (C=O) groups excluding carboxylic acids is 1. The number of nitrogens with zero attached hydrogens (tertiary/aromatic N) is 2. The smallest absolute Gasteiger partial charge is 0.270 e. The van der Waals surface area contributed by atoms with E-state index in [4.69, 9.17) is 5.11 Å². The summed E-state index contributed by atoms with van der Waals surface area (Å²) in [7, 11) is 0. The molecule has 21 heavy (non-hydrogen) atoms. The van der Waals surface area contributed by atoms with Gasteiger partial charge in [0.05, 0.1) is 11.5 Å². The number of carbonyl (C=O) groups is 1. The summed E-state index contributed by atoms with van der Waals surface area (Å²) in [6.45, 7) is -0.0822. The third-order valence-corrected chi connectivity index (χ3v) is 2.94. The average molecular weight is 286 g/mol.